The van der Waals surface area contributed by atoms with Crippen LogP contribution < -0.4 is 5.32 Å². The lowest BCUT2D eigenvalue weighted by atomic mass is 10.1. The molecule has 7 nitrogen and oxygen atoms in total. The van der Waals surface area contributed by atoms with Gasteiger partial charge in [-0.1, -0.05) is 26.0 Å². The maximum atomic E-state index is 12.3. The molecule has 0 bridgehead atoms. The SMILES string of the molecule is CCc1ccc(NC(=O)COC(=O)c2[nH]c(CC)c(C(=O)OC)c2C)cc1. The Balaban J connectivity index is 2.01. The Morgan fingerprint density at radius 3 is 2.26 bits per heavy atom. The summed E-state index contributed by atoms with van der Waals surface area (Å²) in [6.07, 6.45) is 1.43. The molecule has 144 valence electrons. The molecule has 2 rings (SSSR count). The van der Waals surface area contributed by atoms with Crippen LogP contribution in [0.5, 0.6) is 0 Å². The number of aryl methyl sites for hydroxylation is 2. The van der Waals surface area contributed by atoms with Crippen LogP contribution in [0, 0.1) is 6.92 Å². The number of benzene rings is 1. The number of esters is 2. The van der Waals surface area contributed by atoms with E-state index in [1.807, 2.05) is 26.0 Å². The number of anilines is 1. The van der Waals surface area contributed by atoms with E-state index in [4.69, 9.17) is 9.47 Å². The van der Waals surface area contributed by atoms with E-state index in [0.29, 0.717) is 28.9 Å². The minimum Gasteiger partial charge on any atom is -0.465 e. The zero-order valence-corrected chi connectivity index (χ0v) is 16.0. The van der Waals surface area contributed by atoms with E-state index in [1.165, 1.54) is 7.11 Å². The summed E-state index contributed by atoms with van der Waals surface area (Å²) in [6.45, 7) is 5.10. The molecule has 0 atom stereocenters. The molecule has 0 unspecified atom stereocenters. The highest BCUT2D eigenvalue weighted by molar-refractivity contribution is 5.99. The third kappa shape index (κ3) is 4.75. The largest absolute Gasteiger partial charge is 0.465 e. The number of amides is 1. The third-order valence-electron chi connectivity index (χ3n) is 4.26. The molecular weight excluding hydrogens is 348 g/mol. The first-order chi connectivity index (χ1) is 12.9. The Kier molecular flexibility index (Phi) is 6.76. The summed E-state index contributed by atoms with van der Waals surface area (Å²) in [6, 6.07) is 7.43. The normalized spacial score (nSPS) is 10.4. The van der Waals surface area contributed by atoms with Crippen LogP contribution >= 0.6 is 0 Å². The molecule has 7 heteroatoms. The van der Waals surface area contributed by atoms with Crippen LogP contribution in [0.25, 0.3) is 0 Å². The molecule has 0 spiro atoms. The van der Waals surface area contributed by atoms with Gasteiger partial charge in [0.2, 0.25) is 0 Å². The van der Waals surface area contributed by atoms with Crippen molar-refractivity contribution in [3.05, 3.63) is 52.3 Å². The number of hydrogen-bond acceptors (Lipinski definition) is 5. The van der Waals surface area contributed by atoms with Crippen molar-refractivity contribution in [1.82, 2.24) is 4.98 Å². The number of H-pyrrole nitrogens is 1. The van der Waals surface area contributed by atoms with E-state index in [0.717, 1.165) is 12.0 Å². The van der Waals surface area contributed by atoms with E-state index in [9.17, 15) is 14.4 Å². The highest BCUT2D eigenvalue weighted by Gasteiger charge is 2.24. The number of methoxy groups -OCH3 is 1. The third-order valence-corrected chi connectivity index (χ3v) is 4.26. The van der Waals surface area contributed by atoms with Crippen molar-refractivity contribution < 1.29 is 23.9 Å². The Hall–Kier alpha value is -3.09. The minimum atomic E-state index is -0.700. The molecule has 0 saturated carbocycles. The second-order valence-corrected chi connectivity index (χ2v) is 6.00. The maximum Gasteiger partial charge on any atom is 0.355 e. The molecule has 2 aromatic rings. The zero-order chi connectivity index (χ0) is 20.0. The van der Waals surface area contributed by atoms with Gasteiger partial charge in [0.25, 0.3) is 5.91 Å². The molecule has 1 heterocycles. The number of rotatable bonds is 7. The lowest BCUT2D eigenvalue weighted by Gasteiger charge is -2.07. The van der Waals surface area contributed by atoms with Crippen LogP contribution in [0.3, 0.4) is 0 Å². The number of hydrogen-bond donors (Lipinski definition) is 2. The summed E-state index contributed by atoms with van der Waals surface area (Å²) in [4.78, 5) is 39.1. The predicted octanol–water partition coefficient (Wildman–Crippen LogP) is 3.03. The first-order valence-electron chi connectivity index (χ1n) is 8.76. The second-order valence-electron chi connectivity index (χ2n) is 6.00. The lowest BCUT2D eigenvalue weighted by Crippen LogP contribution is -2.21. The average Bonchev–Trinajstić information content (AvgIpc) is 3.02. The number of carbonyl (C=O) groups excluding carboxylic acids is 3. The molecule has 0 aliphatic carbocycles. The number of carbonyl (C=O) groups is 3. The molecule has 1 aromatic heterocycles. The number of aromatic amines is 1. The monoisotopic (exact) mass is 372 g/mol. The van der Waals surface area contributed by atoms with E-state index < -0.39 is 24.5 Å². The molecule has 0 aliphatic rings. The van der Waals surface area contributed by atoms with E-state index in [1.54, 1.807) is 19.1 Å². The molecule has 0 saturated heterocycles. The van der Waals surface area contributed by atoms with Crippen molar-refractivity contribution in [3.8, 4) is 0 Å². The molecular formula is C20H24N2O5. The molecule has 27 heavy (non-hydrogen) atoms. The fourth-order valence-corrected chi connectivity index (χ4v) is 2.73. The average molecular weight is 372 g/mol. The fourth-order valence-electron chi connectivity index (χ4n) is 2.73. The summed E-state index contributed by atoms with van der Waals surface area (Å²) in [5.41, 5.74) is 3.30. The van der Waals surface area contributed by atoms with Gasteiger partial charge in [-0.05, 0) is 43.0 Å². The highest BCUT2D eigenvalue weighted by atomic mass is 16.5. The minimum absolute atomic E-state index is 0.146. The first kappa shape index (κ1) is 20.2. The van der Waals surface area contributed by atoms with Crippen LogP contribution in [0.2, 0.25) is 0 Å². The van der Waals surface area contributed by atoms with Crippen LogP contribution in [-0.4, -0.2) is 36.5 Å². The number of aromatic nitrogens is 1. The van der Waals surface area contributed by atoms with Gasteiger partial charge >= 0.3 is 11.9 Å². The lowest BCUT2D eigenvalue weighted by molar-refractivity contribution is -0.119. The molecule has 0 fully saturated rings. The quantitative estimate of drug-likeness (QED) is 0.728. The number of nitrogens with one attached hydrogen (secondary N) is 2. The van der Waals surface area contributed by atoms with Gasteiger partial charge in [0.05, 0.1) is 12.7 Å². The number of ether oxygens (including phenoxy) is 2. The fraction of sp³-hybridized carbons (Fsp3) is 0.350. The Morgan fingerprint density at radius 2 is 1.70 bits per heavy atom. The topological polar surface area (TPSA) is 97.5 Å². The van der Waals surface area contributed by atoms with Crippen LogP contribution in [0.4, 0.5) is 5.69 Å². The van der Waals surface area contributed by atoms with Gasteiger partial charge in [0.15, 0.2) is 6.61 Å². The van der Waals surface area contributed by atoms with Gasteiger partial charge < -0.3 is 19.8 Å². The predicted molar refractivity (Wildman–Crippen MR) is 101 cm³/mol. The van der Waals surface area contributed by atoms with Crippen molar-refractivity contribution in [2.75, 3.05) is 19.0 Å². The Labute approximate surface area is 158 Å². The van der Waals surface area contributed by atoms with Crippen molar-refractivity contribution >= 4 is 23.5 Å². The van der Waals surface area contributed by atoms with Crippen molar-refractivity contribution in [2.45, 2.75) is 33.6 Å². The standard InChI is InChI=1S/C20H24N2O5/c1-5-13-7-9-14(10-8-13)21-16(23)11-27-20(25)18-12(3)17(19(24)26-4)15(6-2)22-18/h7-10,22H,5-6,11H2,1-4H3,(H,21,23). The van der Waals surface area contributed by atoms with Gasteiger partial charge in [-0.15, -0.1) is 0 Å². The van der Waals surface area contributed by atoms with Crippen LogP contribution in [-0.2, 0) is 27.1 Å². The van der Waals surface area contributed by atoms with E-state index in [2.05, 4.69) is 10.3 Å². The van der Waals surface area contributed by atoms with E-state index in [-0.39, 0.29) is 5.69 Å². The van der Waals surface area contributed by atoms with Gasteiger partial charge in [-0.3, -0.25) is 4.79 Å². The second kappa shape index (κ2) is 9.02. The summed E-state index contributed by atoms with van der Waals surface area (Å²) in [5, 5.41) is 2.67. The first-order valence-corrected chi connectivity index (χ1v) is 8.76. The van der Waals surface area contributed by atoms with Crippen LogP contribution in [0.15, 0.2) is 24.3 Å². The zero-order valence-electron chi connectivity index (χ0n) is 16.0. The molecule has 1 aromatic carbocycles. The summed E-state index contributed by atoms with van der Waals surface area (Å²) >= 11 is 0. The summed E-state index contributed by atoms with van der Waals surface area (Å²) in [5.74, 6) is -1.66. The smallest absolute Gasteiger partial charge is 0.355 e. The van der Waals surface area contributed by atoms with Gasteiger partial charge in [-0.2, -0.15) is 0 Å². The van der Waals surface area contributed by atoms with Crippen molar-refractivity contribution in [2.24, 2.45) is 0 Å². The molecule has 2 N–H and O–H groups in total. The van der Waals surface area contributed by atoms with Gasteiger partial charge in [-0.25, -0.2) is 9.59 Å². The molecule has 1 amide bonds. The van der Waals surface area contributed by atoms with E-state index >= 15 is 0 Å². The van der Waals surface area contributed by atoms with Crippen molar-refractivity contribution in [1.29, 1.82) is 0 Å². The highest BCUT2D eigenvalue weighted by Crippen LogP contribution is 2.21. The molecule has 0 radical (unpaired) electrons. The summed E-state index contributed by atoms with van der Waals surface area (Å²) < 4.78 is 9.84. The molecule has 0 aliphatic heterocycles. The summed E-state index contributed by atoms with van der Waals surface area (Å²) in [7, 11) is 1.28. The Bertz CT molecular complexity index is 837. The Morgan fingerprint density at radius 1 is 1.04 bits per heavy atom. The van der Waals surface area contributed by atoms with Crippen molar-refractivity contribution in [3.63, 3.8) is 0 Å². The van der Waals surface area contributed by atoms with Gasteiger partial charge in [0.1, 0.15) is 5.69 Å². The van der Waals surface area contributed by atoms with Gasteiger partial charge in [0, 0.05) is 11.4 Å². The van der Waals surface area contributed by atoms with Crippen LogP contribution in [0.1, 0.15) is 51.5 Å². The maximum absolute atomic E-state index is 12.3.